The minimum absolute atomic E-state index is 0.0944. The molecule has 5 nitrogen and oxygen atoms in total. The second kappa shape index (κ2) is 11.7. The van der Waals surface area contributed by atoms with Gasteiger partial charge < -0.3 is 0 Å². The Morgan fingerprint density at radius 1 is 0.527 bits per heavy atom. The zero-order valence-corrected chi connectivity index (χ0v) is 30.9. The summed E-state index contributed by atoms with van der Waals surface area (Å²) in [6.07, 6.45) is 8.53. The monoisotopic (exact) mass is 725 g/mol. The third-order valence-electron chi connectivity index (χ3n) is 13.4. The van der Waals surface area contributed by atoms with Gasteiger partial charge in [0.25, 0.3) is 0 Å². The number of aromatic nitrogens is 4. The fraction of sp³-hybridized carbons (Fsp3) is 0.204. The van der Waals surface area contributed by atoms with Gasteiger partial charge in [0, 0.05) is 48.5 Å². The van der Waals surface area contributed by atoms with E-state index in [2.05, 4.69) is 121 Å². The Morgan fingerprint density at radius 3 is 1.93 bits per heavy atom. The van der Waals surface area contributed by atoms with Gasteiger partial charge in [-0.15, -0.1) is 11.3 Å². The van der Waals surface area contributed by atoms with Crippen molar-refractivity contribution in [1.29, 1.82) is 5.26 Å². The van der Waals surface area contributed by atoms with E-state index in [1.165, 1.54) is 74.5 Å². The summed E-state index contributed by atoms with van der Waals surface area (Å²) in [7, 11) is 0. The molecule has 13 rings (SSSR count). The summed E-state index contributed by atoms with van der Waals surface area (Å²) in [5.74, 6) is 4.80. The number of nitriles is 1. The number of nitrogens with zero attached hydrogens (tertiary/aromatic N) is 5. The Labute approximate surface area is 323 Å². The minimum Gasteiger partial charge on any atom is -0.245 e. The molecule has 8 aromatic rings. The van der Waals surface area contributed by atoms with Crippen molar-refractivity contribution in [2.45, 2.75) is 37.5 Å². The van der Waals surface area contributed by atoms with Gasteiger partial charge in [0.1, 0.15) is 11.8 Å². The summed E-state index contributed by atoms with van der Waals surface area (Å²) in [6, 6.07) is 45.5. The lowest BCUT2D eigenvalue weighted by atomic mass is 9.43. The molecule has 3 aromatic heterocycles. The van der Waals surface area contributed by atoms with Crippen LogP contribution in [0.5, 0.6) is 0 Å². The largest absolute Gasteiger partial charge is 0.245 e. The highest BCUT2D eigenvalue weighted by molar-refractivity contribution is 7.25. The molecule has 5 aliphatic rings. The second-order valence-corrected chi connectivity index (χ2v) is 17.3. The van der Waals surface area contributed by atoms with E-state index in [-0.39, 0.29) is 5.41 Å². The van der Waals surface area contributed by atoms with Gasteiger partial charge in [0.15, 0.2) is 17.5 Å². The molecule has 4 saturated carbocycles. The predicted molar refractivity (Wildman–Crippen MR) is 220 cm³/mol. The molecule has 55 heavy (non-hydrogen) atoms. The van der Waals surface area contributed by atoms with Crippen LogP contribution >= 0.6 is 11.3 Å². The summed E-state index contributed by atoms with van der Waals surface area (Å²) < 4.78 is 2.53. The van der Waals surface area contributed by atoms with E-state index >= 15 is 0 Å². The topological polar surface area (TPSA) is 75.3 Å². The van der Waals surface area contributed by atoms with Crippen molar-refractivity contribution in [3.05, 3.63) is 144 Å². The van der Waals surface area contributed by atoms with Crippen LogP contribution in [0.25, 0.3) is 76.6 Å². The van der Waals surface area contributed by atoms with Crippen molar-refractivity contribution in [2.75, 3.05) is 0 Å². The maximum absolute atomic E-state index is 9.90. The normalized spacial score (nSPS) is 23.0. The second-order valence-electron chi connectivity index (χ2n) is 16.2. The predicted octanol–water partition coefficient (Wildman–Crippen LogP) is 11.9. The van der Waals surface area contributed by atoms with Gasteiger partial charge in [-0.1, -0.05) is 78.9 Å². The molecule has 0 radical (unpaired) electrons. The quantitative estimate of drug-likeness (QED) is 0.181. The molecule has 0 aliphatic heterocycles. The number of hydrogen-bond donors (Lipinski definition) is 0. The summed E-state index contributed by atoms with van der Waals surface area (Å²) in [5.41, 5.74) is 10.7. The van der Waals surface area contributed by atoms with Gasteiger partial charge in [0.05, 0.1) is 0 Å². The molecule has 1 spiro atoms. The molecule has 3 heterocycles. The average molecular weight is 726 g/mol. The van der Waals surface area contributed by atoms with Crippen molar-refractivity contribution < 1.29 is 0 Å². The maximum Gasteiger partial charge on any atom is 0.164 e. The van der Waals surface area contributed by atoms with Gasteiger partial charge in [-0.05, 0) is 132 Å². The minimum atomic E-state index is -0.0944. The zero-order chi connectivity index (χ0) is 36.3. The summed E-state index contributed by atoms with van der Waals surface area (Å²) in [6.45, 7) is 0. The van der Waals surface area contributed by atoms with Crippen molar-refractivity contribution >= 4 is 31.5 Å². The number of hydrogen-bond acceptors (Lipinski definition) is 6. The van der Waals surface area contributed by atoms with E-state index in [1.54, 1.807) is 0 Å². The first-order valence-electron chi connectivity index (χ1n) is 19.5. The van der Waals surface area contributed by atoms with Gasteiger partial charge in [-0.3, -0.25) is 0 Å². The number of fused-ring (bicyclic) bond motifs is 6. The molecule has 0 amide bonds. The fourth-order valence-corrected chi connectivity index (χ4v) is 12.5. The first-order valence-corrected chi connectivity index (χ1v) is 20.3. The molecule has 4 bridgehead atoms. The molecule has 6 heteroatoms. The molecular formula is C49H35N5S. The highest BCUT2D eigenvalue weighted by Gasteiger charge is 2.61. The average Bonchev–Trinajstić information content (AvgIpc) is 3.75. The standard InChI is InChI=1S/C49H35N5S/c50-26-37-25-40-38-15-13-34(24-42(38)49(43(40)27-51-37)35-18-28-17-29(20-35)21-36(49)19-28)48-53-46(32-10-6-9-31(22-32)30-7-2-1-3-8-30)52-47(54-48)33-14-16-45-41(23-33)39-11-4-5-12-44(39)55-45/h1-16,22-25,27-29,35-36H,17-21H2. The Balaban J connectivity index is 1.06. The lowest BCUT2D eigenvalue weighted by Gasteiger charge is -2.61. The van der Waals surface area contributed by atoms with E-state index in [4.69, 9.17) is 19.9 Å². The van der Waals surface area contributed by atoms with Crippen LogP contribution in [-0.4, -0.2) is 19.9 Å². The van der Waals surface area contributed by atoms with Crippen LogP contribution in [0.2, 0.25) is 0 Å². The number of thiophene rings is 1. The van der Waals surface area contributed by atoms with Crippen molar-refractivity contribution in [3.8, 4) is 62.5 Å². The van der Waals surface area contributed by atoms with Gasteiger partial charge in [0.2, 0.25) is 0 Å². The highest BCUT2D eigenvalue weighted by Crippen LogP contribution is 2.69. The van der Waals surface area contributed by atoms with E-state index in [9.17, 15) is 5.26 Å². The SMILES string of the molecule is N#Cc1cc2c(cn1)C1(c3cc(-c4nc(-c5cccc(-c6ccccc6)c5)nc(-c5ccc6sc7ccccc7c6c5)n4)ccc3-2)C2CC3CC(C2)CC1C3. The third kappa shape index (κ3) is 4.63. The lowest BCUT2D eigenvalue weighted by Crippen LogP contribution is -2.55. The van der Waals surface area contributed by atoms with Crippen molar-refractivity contribution in [2.24, 2.45) is 23.7 Å². The van der Waals surface area contributed by atoms with Crippen LogP contribution < -0.4 is 0 Å². The molecular weight excluding hydrogens is 691 g/mol. The van der Waals surface area contributed by atoms with Crippen LogP contribution in [0, 0.1) is 35.0 Å². The number of pyridine rings is 1. The first-order chi connectivity index (χ1) is 27.1. The van der Waals surface area contributed by atoms with E-state index < -0.39 is 0 Å². The number of rotatable bonds is 4. The molecule has 0 unspecified atom stereocenters. The summed E-state index contributed by atoms with van der Waals surface area (Å²) in [5, 5.41) is 12.4. The van der Waals surface area contributed by atoms with Crippen LogP contribution in [0.15, 0.2) is 128 Å². The van der Waals surface area contributed by atoms with Crippen LogP contribution in [0.1, 0.15) is 48.9 Å². The van der Waals surface area contributed by atoms with E-state index in [0.29, 0.717) is 35.0 Å². The number of benzene rings is 5. The molecule has 4 fully saturated rings. The van der Waals surface area contributed by atoms with Crippen LogP contribution in [0.3, 0.4) is 0 Å². The molecule has 262 valence electrons. The Hall–Kier alpha value is -6.03. The van der Waals surface area contributed by atoms with Crippen molar-refractivity contribution in [1.82, 2.24) is 19.9 Å². The smallest absolute Gasteiger partial charge is 0.164 e. The Morgan fingerprint density at radius 2 is 1.16 bits per heavy atom. The van der Waals surface area contributed by atoms with Gasteiger partial charge >= 0.3 is 0 Å². The molecule has 5 aliphatic carbocycles. The van der Waals surface area contributed by atoms with E-state index in [1.807, 2.05) is 23.5 Å². The molecule has 5 aromatic carbocycles. The first kappa shape index (κ1) is 31.3. The fourth-order valence-electron chi connectivity index (χ4n) is 11.4. The van der Waals surface area contributed by atoms with Crippen LogP contribution in [-0.2, 0) is 5.41 Å². The zero-order valence-electron chi connectivity index (χ0n) is 30.1. The molecule has 0 N–H and O–H groups in total. The van der Waals surface area contributed by atoms with Crippen LogP contribution in [0.4, 0.5) is 0 Å². The van der Waals surface area contributed by atoms with E-state index in [0.717, 1.165) is 39.7 Å². The van der Waals surface area contributed by atoms with Gasteiger partial charge in [-0.2, -0.15) is 5.26 Å². The molecule has 0 atom stereocenters. The van der Waals surface area contributed by atoms with Gasteiger partial charge in [-0.25, -0.2) is 19.9 Å². The lowest BCUT2D eigenvalue weighted by molar-refractivity contribution is -0.0400. The Bertz CT molecular complexity index is 2890. The highest BCUT2D eigenvalue weighted by atomic mass is 32.1. The van der Waals surface area contributed by atoms with Crippen molar-refractivity contribution in [3.63, 3.8) is 0 Å². The molecule has 0 saturated heterocycles. The Kier molecular flexibility index (Phi) is 6.68. The summed E-state index contributed by atoms with van der Waals surface area (Å²) >= 11 is 1.82. The summed E-state index contributed by atoms with van der Waals surface area (Å²) in [4.78, 5) is 20.5. The third-order valence-corrected chi connectivity index (χ3v) is 14.6. The maximum atomic E-state index is 9.90.